The van der Waals surface area contributed by atoms with Crippen LogP contribution >= 0.6 is 0 Å². The molecule has 2 atom stereocenters. The minimum Gasteiger partial charge on any atom is -0.476 e. The van der Waals surface area contributed by atoms with E-state index in [0.717, 1.165) is 19.5 Å². The Morgan fingerprint density at radius 1 is 1.71 bits per heavy atom. The van der Waals surface area contributed by atoms with Gasteiger partial charge in [0.15, 0.2) is 11.5 Å². The van der Waals surface area contributed by atoms with E-state index in [4.69, 9.17) is 9.63 Å². The molecule has 0 bridgehead atoms. The highest BCUT2D eigenvalue weighted by Gasteiger charge is 2.25. The number of rotatable bonds is 3. The summed E-state index contributed by atoms with van der Waals surface area (Å²) in [6.07, 6.45) is 0.497. The second-order valence-corrected chi connectivity index (χ2v) is 4.55. The molecule has 1 aliphatic rings. The third-order valence-corrected chi connectivity index (χ3v) is 3.10. The van der Waals surface area contributed by atoms with Crippen LogP contribution in [0.3, 0.4) is 0 Å². The highest BCUT2D eigenvalue weighted by Crippen LogP contribution is 2.18. The fourth-order valence-electron chi connectivity index (χ4n) is 2.07. The van der Waals surface area contributed by atoms with Gasteiger partial charge in [-0.2, -0.15) is 0 Å². The van der Waals surface area contributed by atoms with E-state index in [1.807, 2.05) is 6.92 Å². The van der Waals surface area contributed by atoms with E-state index in [1.54, 1.807) is 0 Å². The van der Waals surface area contributed by atoms with Gasteiger partial charge < -0.3 is 14.7 Å². The third-order valence-electron chi connectivity index (χ3n) is 3.10. The zero-order valence-electron chi connectivity index (χ0n) is 9.67. The molecule has 1 aliphatic heterocycles. The summed E-state index contributed by atoms with van der Waals surface area (Å²) < 4.78 is 4.96. The fourth-order valence-corrected chi connectivity index (χ4v) is 2.07. The van der Waals surface area contributed by atoms with E-state index in [1.165, 1.54) is 6.07 Å². The normalized spacial score (nSPS) is 26.0. The quantitative estimate of drug-likeness (QED) is 0.803. The molecule has 2 N–H and O–H groups in total. The number of hydrogen-bond acceptors (Lipinski definition) is 5. The highest BCUT2D eigenvalue weighted by molar-refractivity contribution is 5.85. The van der Waals surface area contributed by atoms with Crippen LogP contribution in [-0.2, 0) is 6.54 Å². The summed E-state index contributed by atoms with van der Waals surface area (Å²) in [6.45, 7) is 4.11. The van der Waals surface area contributed by atoms with Crippen molar-refractivity contribution in [2.75, 3.05) is 13.1 Å². The Kier molecular flexibility index (Phi) is 3.44. The summed E-state index contributed by atoms with van der Waals surface area (Å²) in [5.41, 5.74) is -0.0647. The van der Waals surface area contributed by atoms with Gasteiger partial charge in [-0.25, -0.2) is 4.79 Å². The molecule has 0 aromatic carbocycles. The number of aliphatic hydroxyl groups is 1. The number of aromatic nitrogens is 1. The summed E-state index contributed by atoms with van der Waals surface area (Å²) in [4.78, 5) is 12.8. The van der Waals surface area contributed by atoms with Gasteiger partial charge in [0.05, 0.1) is 12.6 Å². The minimum absolute atomic E-state index is 0.0647. The number of piperidine rings is 1. The molecule has 2 unspecified atom stereocenters. The first kappa shape index (κ1) is 12.1. The summed E-state index contributed by atoms with van der Waals surface area (Å²) in [7, 11) is 0. The Morgan fingerprint density at radius 2 is 2.47 bits per heavy atom. The zero-order chi connectivity index (χ0) is 12.4. The number of carbonyl (C=O) groups is 1. The smallest absolute Gasteiger partial charge is 0.358 e. The van der Waals surface area contributed by atoms with Gasteiger partial charge in [-0.15, -0.1) is 0 Å². The minimum atomic E-state index is -1.08. The van der Waals surface area contributed by atoms with E-state index in [-0.39, 0.29) is 17.7 Å². The van der Waals surface area contributed by atoms with Gasteiger partial charge in [0.2, 0.25) is 0 Å². The first-order valence-electron chi connectivity index (χ1n) is 5.65. The molecular formula is C11H16N2O4. The largest absolute Gasteiger partial charge is 0.476 e. The van der Waals surface area contributed by atoms with Crippen LogP contribution < -0.4 is 0 Å². The standard InChI is InChI=1S/C11H16N2O4/c1-7-5-13(3-2-10(7)14)6-8-4-9(11(15)16)12-17-8/h4,7,10,14H,2-3,5-6H2,1H3,(H,15,16). The molecule has 0 saturated carbocycles. The Morgan fingerprint density at radius 3 is 3.06 bits per heavy atom. The predicted molar refractivity (Wildman–Crippen MR) is 58.5 cm³/mol. The second-order valence-electron chi connectivity index (χ2n) is 4.55. The van der Waals surface area contributed by atoms with E-state index in [2.05, 4.69) is 10.1 Å². The molecule has 17 heavy (non-hydrogen) atoms. The lowest BCUT2D eigenvalue weighted by molar-refractivity contribution is 0.0289. The summed E-state index contributed by atoms with van der Waals surface area (Å²) >= 11 is 0. The monoisotopic (exact) mass is 240 g/mol. The van der Waals surface area contributed by atoms with Gasteiger partial charge >= 0.3 is 5.97 Å². The molecule has 2 rings (SSSR count). The first-order valence-corrected chi connectivity index (χ1v) is 5.65. The number of carboxylic acids is 1. The molecule has 1 aromatic rings. The van der Waals surface area contributed by atoms with Crippen LogP contribution in [0.1, 0.15) is 29.6 Å². The van der Waals surface area contributed by atoms with Crippen molar-refractivity contribution in [1.29, 1.82) is 0 Å². The van der Waals surface area contributed by atoms with Crippen LogP contribution in [0.25, 0.3) is 0 Å². The fraction of sp³-hybridized carbons (Fsp3) is 0.636. The second kappa shape index (κ2) is 4.85. The van der Waals surface area contributed by atoms with E-state index in [0.29, 0.717) is 12.3 Å². The van der Waals surface area contributed by atoms with Gasteiger partial charge in [0, 0.05) is 19.2 Å². The molecule has 6 nitrogen and oxygen atoms in total. The van der Waals surface area contributed by atoms with E-state index >= 15 is 0 Å². The summed E-state index contributed by atoms with van der Waals surface area (Å²) in [5.74, 6) is -0.306. The van der Waals surface area contributed by atoms with Crippen LogP contribution in [0.5, 0.6) is 0 Å². The number of aliphatic hydroxyl groups excluding tert-OH is 1. The lowest BCUT2D eigenvalue weighted by Crippen LogP contribution is -2.41. The average Bonchev–Trinajstić information content (AvgIpc) is 2.72. The number of carboxylic acid groups (broad SMARTS) is 1. The molecular weight excluding hydrogens is 224 g/mol. The predicted octanol–water partition coefficient (Wildman–Crippen LogP) is 0.575. The lowest BCUT2D eigenvalue weighted by Gasteiger charge is -2.33. The van der Waals surface area contributed by atoms with Crippen molar-refractivity contribution in [3.05, 3.63) is 17.5 Å². The SMILES string of the molecule is CC1CN(Cc2cc(C(=O)O)no2)CCC1O. The number of likely N-dealkylation sites (tertiary alicyclic amines) is 1. The number of nitrogens with zero attached hydrogens (tertiary/aromatic N) is 2. The van der Waals surface area contributed by atoms with Crippen LogP contribution in [0, 0.1) is 5.92 Å². The summed E-state index contributed by atoms with van der Waals surface area (Å²) in [5, 5.41) is 21.8. The van der Waals surface area contributed by atoms with E-state index < -0.39 is 5.97 Å². The van der Waals surface area contributed by atoms with Crippen molar-refractivity contribution in [1.82, 2.24) is 10.1 Å². The zero-order valence-corrected chi connectivity index (χ0v) is 9.67. The Hall–Kier alpha value is -1.40. The van der Waals surface area contributed by atoms with Crippen LogP contribution in [0.4, 0.5) is 0 Å². The number of hydrogen-bond donors (Lipinski definition) is 2. The maximum atomic E-state index is 10.6. The topological polar surface area (TPSA) is 86.8 Å². The van der Waals surface area contributed by atoms with Gasteiger partial charge in [0.25, 0.3) is 0 Å². The van der Waals surface area contributed by atoms with Gasteiger partial charge in [-0.05, 0) is 12.3 Å². The van der Waals surface area contributed by atoms with Gasteiger partial charge in [0.1, 0.15) is 0 Å². The maximum Gasteiger partial charge on any atom is 0.358 e. The lowest BCUT2D eigenvalue weighted by atomic mass is 9.97. The number of aromatic carboxylic acids is 1. The Bertz CT molecular complexity index is 404. The third kappa shape index (κ3) is 2.83. The van der Waals surface area contributed by atoms with Crippen molar-refractivity contribution in [2.24, 2.45) is 5.92 Å². The van der Waals surface area contributed by atoms with Gasteiger partial charge in [-0.1, -0.05) is 12.1 Å². The van der Waals surface area contributed by atoms with E-state index in [9.17, 15) is 9.90 Å². The molecule has 2 heterocycles. The molecule has 0 spiro atoms. The van der Waals surface area contributed by atoms with Crippen molar-refractivity contribution in [2.45, 2.75) is 26.0 Å². The first-order chi connectivity index (χ1) is 8.06. The van der Waals surface area contributed by atoms with Crippen LogP contribution in [0.15, 0.2) is 10.6 Å². The van der Waals surface area contributed by atoms with Crippen molar-refractivity contribution >= 4 is 5.97 Å². The highest BCUT2D eigenvalue weighted by atomic mass is 16.5. The molecule has 1 fully saturated rings. The van der Waals surface area contributed by atoms with Crippen molar-refractivity contribution < 1.29 is 19.5 Å². The Balaban J connectivity index is 1.94. The molecule has 0 amide bonds. The molecule has 6 heteroatoms. The van der Waals surface area contributed by atoms with Crippen molar-refractivity contribution in [3.63, 3.8) is 0 Å². The molecule has 94 valence electrons. The molecule has 0 aliphatic carbocycles. The Labute approximate surface area is 98.8 Å². The maximum absolute atomic E-state index is 10.6. The molecule has 0 radical (unpaired) electrons. The van der Waals surface area contributed by atoms with Gasteiger partial charge in [-0.3, -0.25) is 4.90 Å². The van der Waals surface area contributed by atoms with Crippen LogP contribution in [0.2, 0.25) is 0 Å². The summed E-state index contributed by atoms with van der Waals surface area (Å²) in [6, 6.07) is 1.44. The molecule has 1 saturated heterocycles. The van der Waals surface area contributed by atoms with Crippen molar-refractivity contribution in [3.8, 4) is 0 Å². The molecule has 1 aromatic heterocycles. The average molecular weight is 240 g/mol. The van der Waals surface area contributed by atoms with Crippen LogP contribution in [-0.4, -0.2) is 45.4 Å².